The maximum atomic E-state index is 12.8. The molecule has 0 saturated carbocycles. The number of amides is 1. The Bertz CT molecular complexity index is 620. The van der Waals surface area contributed by atoms with Crippen LogP contribution < -0.4 is 4.90 Å². The fraction of sp³-hybridized carbons (Fsp3) is 0.500. The summed E-state index contributed by atoms with van der Waals surface area (Å²) in [5.41, 5.74) is -1.42. The van der Waals surface area contributed by atoms with E-state index >= 15 is 0 Å². The van der Waals surface area contributed by atoms with E-state index in [2.05, 4.69) is 0 Å². The zero-order valence-electron chi connectivity index (χ0n) is 13.1. The minimum atomic E-state index is -4.48. The van der Waals surface area contributed by atoms with Gasteiger partial charge in [-0.05, 0) is 39.0 Å². The average Bonchev–Trinajstić information content (AvgIpc) is 2.78. The lowest BCUT2D eigenvalue weighted by molar-refractivity contribution is -0.161. The van der Waals surface area contributed by atoms with Gasteiger partial charge in [0.2, 0.25) is 0 Å². The standard InChI is InChI=1S/C16H18F3NO3/c1-15(2,3)14(22)23-12-7-8-20(13(12)21)11-6-4-5-10(9-11)16(17,18)19/h4-6,9,12H,7-8H2,1-3H3/t12-/m1/s1. The van der Waals surface area contributed by atoms with Crippen molar-refractivity contribution in [3.63, 3.8) is 0 Å². The minimum absolute atomic E-state index is 0.152. The molecule has 1 saturated heterocycles. The minimum Gasteiger partial charge on any atom is -0.452 e. The molecule has 1 fully saturated rings. The summed E-state index contributed by atoms with van der Waals surface area (Å²) in [5.74, 6) is -1.01. The van der Waals surface area contributed by atoms with Crippen LogP contribution in [0.3, 0.4) is 0 Å². The van der Waals surface area contributed by atoms with Crippen LogP contribution >= 0.6 is 0 Å². The fourth-order valence-corrected chi connectivity index (χ4v) is 2.18. The molecule has 1 aliphatic heterocycles. The largest absolute Gasteiger partial charge is 0.452 e. The topological polar surface area (TPSA) is 46.6 Å². The molecule has 0 aliphatic carbocycles. The lowest BCUT2D eigenvalue weighted by atomic mass is 9.97. The first-order valence-electron chi connectivity index (χ1n) is 7.20. The maximum Gasteiger partial charge on any atom is 0.416 e. The number of anilines is 1. The highest BCUT2D eigenvalue weighted by Crippen LogP contribution is 2.33. The van der Waals surface area contributed by atoms with E-state index in [1.165, 1.54) is 17.0 Å². The van der Waals surface area contributed by atoms with Gasteiger partial charge in [0.05, 0.1) is 11.0 Å². The molecule has 1 aliphatic rings. The van der Waals surface area contributed by atoms with Gasteiger partial charge in [-0.3, -0.25) is 9.59 Å². The molecule has 0 N–H and O–H groups in total. The van der Waals surface area contributed by atoms with Gasteiger partial charge in [-0.25, -0.2) is 0 Å². The summed E-state index contributed by atoms with van der Waals surface area (Å²) in [6.07, 6.45) is -5.16. The number of nitrogens with zero attached hydrogens (tertiary/aromatic N) is 1. The van der Waals surface area contributed by atoms with Crippen LogP contribution in [0.15, 0.2) is 24.3 Å². The van der Waals surface area contributed by atoms with Gasteiger partial charge in [0.1, 0.15) is 0 Å². The molecule has 1 aromatic carbocycles. The quantitative estimate of drug-likeness (QED) is 0.781. The molecule has 0 unspecified atom stereocenters. The second kappa shape index (κ2) is 5.86. The summed E-state index contributed by atoms with van der Waals surface area (Å²) >= 11 is 0. The van der Waals surface area contributed by atoms with E-state index in [-0.39, 0.29) is 18.7 Å². The van der Waals surface area contributed by atoms with Gasteiger partial charge < -0.3 is 9.64 Å². The lowest BCUT2D eigenvalue weighted by Crippen LogP contribution is -2.35. The Hall–Kier alpha value is -2.05. The number of halogens is 3. The normalized spacial score (nSPS) is 19.1. The van der Waals surface area contributed by atoms with E-state index in [4.69, 9.17) is 4.74 Å². The third kappa shape index (κ3) is 3.83. The fourth-order valence-electron chi connectivity index (χ4n) is 2.18. The molecule has 4 nitrogen and oxygen atoms in total. The third-order valence-corrected chi connectivity index (χ3v) is 3.50. The number of carbonyl (C=O) groups excluding carboxylic acids is 2. The number of benzene rings is 1. The molecular weight excluding hydrogens is 311 g/mol. The number of esters is 1. The molecule has 23 heavy (non-hydrogen) atoms. The van der Waals surface area contributed by atoms with Crippen molar-refractivity contribution < 1.29 is 27.5 Å². The van der Waals surface area contributed by atoms with Crippen molar-refractivity contribution in [2.45, 2.75) is 39.5 Å². The molecule has 7 heteroatoms. The highest BCUT2D eigenvalue weighted by molar-refractivity contribution is 6.00. The van der Waals surface area contributed by atoms with Crippen molar-refractivity contribution >= 4 is 17.6 Å². The second-order valence-corrected chi connectivity index (χ2v) is 6.47. The van der Waals surface area contributed by atoms with Gasteiger partial charge >= 0.3 is 12.1 Å². The first-order valence-corrected chi connectivity index (χ1v) is 7.20. The van der Waals surface area contributed by atoms with E-state index < -0.39 is 35.1 Å². The van der Waals surface area contributed by atoms with Crippen LogP contribution in [0.1, 0.15) is 32.8 Å². The molecule has 0 bridgehead atoms. The average molecular weight is 329 g/mol. The van der Waals surface area contributed by atoms with Crippen molar-refractivity contribution in [3.8, 4) is 0 Å². The van der Waals surface area contributed by atoms with Crippen molar-refractivity contribution in [2.24, 2.45) is 5.41 Å². The van der Waals surface area contributed by atoms with Crippen molar-refractivity contribution in [1.29, 1.82) is 0 Å². The van der Waals surface area contributed by atoms with Crippen LogP contribution in [-0.4, -0.2) is 24.5 Å². The Morgan fingerprint density at radius 3 is 2.48 bits per heavy atom. The van der Waals surface area contributed by atoms with E-state index in [0.29, 0.717) is 0 Å². The second-order valence-electron chi connectivity index (χ2n) is 6.47. The van der Waals surface area contributed by atoms with Crippen LogP contribution in [0.4, 0.5) is 18.9 Å². The van der Waals surface area contributed by atoms with Gasteiger partial charge in [-0.2, -0.15) is 13.2 Å². The van der Waals surface area contributed by atoms with Crippen LogP contribution in [0.2, 0.25) is 0 Å². The molecule has 0 spiro atoms. The van der Waals surface area contributed by atoms with E-state index in [1.54, 1.807) is 20.8 Å². The number of rotatable bonds is 2. The van der Waals surface area contributed by atoms with Gasteiger partial charge in [-0.1, -0.05) is 6.07 Å². The molecule has 1 aromatic rings. The van der Waals surface area contributed by atoms with Crippen LogP contribution in [0.25, 0.3) is 0 Å². The number of ether oxygens (including phenoxy) is 1. The smallest absolute Gasteiger partial charge is 0.416 e. The molecule has 0 radical (unpaired) electrons. The summed E-state index contributed by atoms with van der Waals surface area (Å²) in [5, 5.41) is 0. The Morgan fingerprint density at radius 2 is 1.91 bits per heavy atom. The maximum absolute atomic E-state index is 12.8. The van der Waals surface area contributed by atoms with Gasteiger partial charge in [-0.15, -0.1) is 0 Å². The number of hydrogen-bond acceptors (Lipinski definition) is 3. The van der Waals surface area contributed by atoms with Crippen molar-refractivity contribution in [2.75, 3.05) is 11.4 Å². The molecule has 126 valence electrons. The Labute approximate surface area is 132 Å². The predicted octanol–water partition coefficient (Wildman–Crippen LogP) is 3.40. The number of alkyl halides is 3. The Morgan fingerprint density at radius 1 is 1.26 bits per heavy atom. The monoisotopic (exact) mass is 329 g/mol. The van der Waals surface area contributed by atoms with Gasteiger partial charge in [0, 0.05) is 18.7 Å². The SMILES string of the molecule is CC(C)(C)C(=O)O[C@@H]1CCN(c2cccc(C(F)(F)F)c2)C1=O. The molecule has 1 atom stereocenters. The summed E-state index contributed by atoms with van der Waals surface area (Å²) in [6.45, 7) is 5.21. The van der Waals surface area contributed by atoms with Gasteiger partial charge in [0.15, 0.2) is 6.10 Å². The van der Waals surface area contributed by atoms with Crippen LogP contribution in [0, 0.1) is 5.41 Å². The first-order chi connectivity index (χ1) is 10.5. The summed E-state index contributed by atoms with van der Waals surface area (Å²) < 4.78 is 43.5. The zero-order chi connectivity index (χ0) is 17.4. The Balaban J connectivity index is 2.15. The molecule has 1 heterocycles. The summed E-state index contributed by atoms with van der Waals surface area (Å²) in [4.78, 5) is 25.4. The Kier molecular flexibility index (Phi) is 4.41. The van der Waals surface area contributed by atoms with E-state index in [9.17, 15) is 22.8 Å². The molecular formula is C16H18F3NO3. The summed E-state index contributed by atoms with van der Waals surface area (Å²) in [7, 11) is 0. The van der Waals surface area contributed by atoms with Gasteiger partial charge in [0.25, 0.3) is 5.91 Å². The third-order valence-electron chi connectivity index (χ3n) is 3.50. The van der Waals surface area contributed by atoms with Crippen molar-refractivity contribution in [3.05, 3.63) is 29.8 Å². The number of hydrogen-bond donors (Lipinski definition) is 0. The predicted molar refractivity (Wildman–Crippen MR) is 77.7 cm³/mol. The zero-order valence-corrected chi connectivity index (χ0v) is 13.1. The van der Waals surface area contributed by atoms with Crippen LogP contribution in [-0.2, 0) is 20.5 Å². The summed E-state index contributed by atoms with van der Waals surface area (Å²) in [6, 6.07) is 4.55. The van der Waals surface area contributed by atoms with E-state index in [1.807, 2.05) is 0 Å². The lowest BCUT2D eigenvalue weighted by Gasteiger charge is -2.21. The highest BCUT2D eigenvalue weighted by Gasteiger charge is 2.38. The molecule has 0 aromatic heterocycles. The molecule has 2 rings (SSSR count). The van der Waals surface area contributed by atoms with Crippen LogP contribution in [0.5, 0.6) is 0 Å². The first kappa shape index (κ1) is 17.3. The van der Waals surface area contributed by atoms with Crippen molar-refractivity contribution in [1.82, 2.24) is 0 Å². The number of carbonyl (C=O) groups is 2. The van der Waals surface area contributed by atoms with E-state index in [0.717, 1.165) is 12.1 Å². The highest BCUT2D eigenvalue weighted by atomic mass is 19.4. The molecule has 1 amide bonds.